The standard InChI is InChI=1S/C22H24F2N4O2/c1-29-16-7-8-19(30-2)15(13-16)14-27-9-11-28(12-10-27)22-17-5-3-4-6-18(17)25-21(26-22)20(23)24/h3-8,13,20H,9-12,14H2,1-2H3. The summed E-state index contributed by atoms with van der Waals surface area (Å²) in [6.07, 6.45) is -2.70. The summed E-state index contributed by atoms with van der Waals surface area (Å²) in [6.45, 7) is 3.67. The summed E-state index contributed by atoms with van der Waals surface area (Å²) in [5.74, 6) is 1.76. The number of para-hydroxylation sites is 1. The van der Waals surface area contributed by atoms with Crippen LogP contribution in [0, 0.1) is 0 Å². The number of hydrogen-bond donors (Lipinski definition) is 0. The SMILES string of the molecule is COc1ccc(OC)c(CN2CCN(c3nc(C(F)F)nc4ccccc34)CC2)c1. The van der Waals surface area contributed by atoms with Gasteiger partial charge in [0.05, 0.1) is 19.7 Å². The Balaban J connectivity index is 1.52. The second-order valence-electron chi connectivity index (χ2n) is 7.16. The first-order chi connectivity index (χ1) is 14.6. The van der Waals surface area contributed by atoms with Crippen LogP contribution in [-0.4, -0.2) is 55.3 Å². The Labute approximate surface area is 174 Å². The largest absolute Gasteiger partial charge is 0.497 e. The van der Waals surface area contributed by atoms with Gasteiger partial charge in [0.25, 0.3) is 6.43 Å². The number of hydrogen-bond acceptors (Lipinski definition) is 6. The van der Waals surface area contributed by atoms with Gasteiger partial charge in [-0.2, -0.15) is 0 Å². The summed E-state index contributed by atoms with van der Waals surface area (Å²) in [6, 6.07) is 13.1. The summed E-state index contributed by atoms with van der Waals surface area (Å²) < 4.78 is 37.4. The number of alkyl halides is 2. The molecule has 8 heteroatoms. The molecule has 2 aromatic carbocycles. The fourth-order valence-electron chi connectivity index (χ4n) is 3.78. The lowest BCUT2D eigenvalue weighted by Gasteiger charge is -2.36. The Bertz CT molecular complexity index is 1020. The maximum absolute atomic E-state index is 13.3. The molecule has 1 aliphatic heterocycles. The average Bonchev–Trinajstić information content (AvgIpc) is 2.78. The number of rotatable bonds is 6. The highest BCUT2D eigenvalue weighted by molar-refractivity contribution is 5.89. The van der Waals surface area contributed by atoms with E-state index >= 15 is 0 Å². The van der Waals surface area contributed by atoms with Crippen LogP contribution in [0.3, 0.4) is 0 Å². The number of aromatic nitrogens is 2. The van der Waals surface area contributed by atoms with Crippen molar-refractivity contribution in [3.63, 3.8) is 0 Å². The molecule has 0 saturated carbocycles. The number of fused-ring (bicyclic) bond motifs is 1. The van der Waals surface area contributed by atoms with Gasteiger partial charge < -0.3 is 14.4 Å². The molecule has 3 aromatic rings. The van der Waals surface area contributed by atoms with E-state index in [4.69, 9.17) is 9.47 Å². The van der Waals surface area contributed by atoms with E-state index in [0.717, 1.165) is 42.1 Å². The maximum atomic E-state index is 13.3. The smallest absolute Gasteiger partial charge is 0.297 e. The summed E-state index contributed by atoms with van der Waals surface area (Å²) in [5, 5.41) is 0.796. The minimum Gasteiger partial charge on any atom is -0.497 e. The predicted molar refractivity (Wildman–Crippen MR) is 112 cm³/mol. The van der Waals surface area contributed by atoms with Crippen molar-refractivity contribution in [2.24, 2.45) is 0 Å². The molecule has 0 bridgehead atoms. The first-order valence-electron chi connectivity index (χ1n) is 9.82. The molecule has 0 unspecified atom stereocenters. The molecule has 0 aliphatic carbocycles. The van der Waals surface area contributed by atoms with Crippen LogP contribution in [-0.2, 0) is 6.54 Å². The molecular weight excluding hydrogens is 390 g/mol. The monoisotopic (exact) mass is 414 g/mol. The molecule has 0 amide bonds. The zero-order valence-corrected chi connectivity index (χ0v) is 17.0. The zero-order chi connectivity index (χ0) is 21.1. The highest BCUT2D eigenvalue weighted by atomic mass is 19.3. The molecule has 0 N–H and O–H groups in total. The van der Waals surface area contributed by atoms with Crippen molar-refractivity contribution >= 4 is 16.7 Å². The summed E-state index contributed by atoms with van der Waals surface area (Å²) in [5.41, 5.74) is 1.60. The fourth-order valence-corrected chi connectivity index (χ4v) is 3.78. The van der Waals surface area contributed by atoms with Crippen molar-refractivity contribution in [2.75, 3.05) is 45.3 Å². The normalized spacial score (nSPS) is 15.0. The fraction of sp³-hybridized carbons (Fsp3) is 0.364. The van der Waals surface area contributed by atoms with Gasteiger partial charge in [-0.3, -0.25) is 4.90 Å². The molecule has 4 rings (SSSR count). The van der Waals surface area contributed by atoms with E-state index in [-0.39, 0.29) is 0 Å². The highest BCUT2D eigenvalue weighted by Gasteiger charge is 2.23. The van der Waals surface area contributed by atoms with E-state index in [1.54, 1.807) is 26.4 Å². The Kier molecular flexibility index (Phi) is 5.94. The van der Waals surface area contributed by atoms with Crippen LogP contribution in [0.25, 0.3) is 10.9 Å². The summed E-state index contributed by atoms with van der Waals surface area (Å²) in [4.78, 5) is 12.6. The number of anilines is 1. The molecule has 1 saturated heterocycles. The second kappa shape index (κ2) is 8.79. The summed E-state index contributed by atoms with van der Waals surface area (Å²) in [7, 11) is 3.30. The van der Waals surface area contributed by atoms with E-state index in [0.29, 0.717) is 24.4 Å². The Morgan fingerprint density at radius 2 is 1.73 bits per heavy atom. The van der Waals surface area contributed by atoms with Crippen LogP contribution < -0.4 is 14.4 Å². The molecule has 1 fully saturated rings. The van der Waals surface area contributed by atoms with E-state index in [1.165, 1.54) is 0 Å². The minimum absolute atomic E-state index is 0.424. The number of nitrogens with zero attached hydrogens (tertiary/aromatic N) is 4. The van der Waals surface area contributed by atoms with Gasteiger partial charge in [0.1, 0.15) is 17.3 Å². The van der Waals surface area contributed by atoms with Gasteiger partial charge >= 0.3 is 0 Å². The second-order valence-corrected chi connectivity index (χ2v) is 7.16. The van der Waals surface area contributed by atoms with Crippen molar-refractivity contribution in [1.82, 2.24) is 14.9 Å². The van der Waals surface area contributed by atoms with E-state index < -0.39 is 12.2 Å². The number of ether oxygens (including phenoxy) is 2. The number of benzene rings is 2. The Morgan fingerprint density at radius 1 is 0.967 bits per heavy atom. The van der Waals surface area contributed by atoms with E-state index in [9.17, 15) is 8.78 Å². The molecule has 0 atom stereocenters. The average molecular weight is 414 g/mol. The molecule has 0 spiro atoms. The predicted octanol–water partition coefficient (Wildman–Crippen LogP) is 3.91. The number of piperazine rings is 1. The number of halogens is 2. The molecule has 1 aromatic heterocycles. The number of methoxy groups -OCH3 is 2. The molecular formula is C22H24F2N4O2. The Morgan fingerprint density at radius 3 is 2.43 bits per heavy atom. The molecule has 6 nitrogen and oxygen atoms in total. The van der Waals surface area contributed by atoms with E-state index in [2.05, 4.69) is 19.8 Å². The first-order valence-corrected chi connectivity index (χ1v) is 9.82. The molecule has 0 radical (unpaired) electrons. The lowest BCUT2D eigenvalue weighted by Crippen LogP contribution is -2.46. The van der Waals surface area contributed by atoms with Crippen LogP contribution in [0.1, 0.15) is 17.8 Å². The molecule has 2 heterocycles. The molecule has 158 valence electrons. The lowest BCUT2D eigenvalue weighted by molar-refractivity contribution is 0.141. The topological polar surface area (TPSA) is 50.7 Å². The minimum atomic E-state index is -2.70. The summed E-state index contributed by atoms with van der Waals surface area (Å²) >= 11 is 0. The van der Waals surface area contributed by atoms with Crippen LogP contribution in [0.5, 0.6) is 11.5 Å². The van der Waals surface area contributed by atoms with Gasteiger partial charge in [-0.25, -0.2) is 18.7 Å². The zero-order valence-electron chi connectivity index (χ0n) is 17.0. The van der Waals surface area contributed by atoms with Crippen molar-refractivity contribution < 1.29 is 18.3 Å². The van der Waals surface area contributed by atoms with Crippen LogP contribution in [0.2, 0.25) is 0 Å². The van der Waals surface area contributed by atoms with Gasteiger partial charge in [-0.15, -0.1) is 0 Å². The van der Waals surface area contributed by atoms with Gasteiger partial charge in [0.15, 0.2) is 5.82 Å². The van der Waals surface area contributed by atoms with Gasteiger partial charge in [-0.1, -0.05) is 12.1 Å². The van der Waals surface area contributed by atoms with Gasteiger partial charge in [-0.05, 0) is 30.3 Å². The molecule has 1 aliphatic rings. The maximum Gasteiger partial charge on any atom is 0.297 e. The van der Waals surface area contributed by atoms with Gasteiger partial charge in [0.2, 0.25) is 0 Å². The van der Waals surface area contributed by atoms with Gasteiger partial charge in [0, 0.05) is 43.7 Å². The highest BCUT2D eigenvalue weighted by Crippen LogP contribution is 2.29. The van der Waals surface area contributed by atoms with Crippen molar-refractivity contribution in [1.29, 1.82) is 0 Å². The van der Waals surface area contributed by atoms with Crippen molar-refractivity contribution in [3.05, 3.63) is 53.9 Å². The first kappa shape index (κ1) is 20.3. The van der Waals surface area contributed by atoms with Crippen LogP contribution >= 0.6 is 0 Å². The quantitative estimate of drug-likeness (QED) is 0.610. The third kappa shape index (κ3) is 4.14. The lowest BCUT2D eigenvalue weighted by atomic mass is 10.1. The van der Waals surface area contributed by atoms with Crippen molar-refractivity contribution in [2.45, 2.75) is 13.0 Å². The third-order valence-corrected chi connectivity index (χ3v) is 5.35. The third-order valence-electron chi connectivity index (χ3n) is 5.35. The molecule has 30 heavy (non-hydrogen) atoms. The Hall–Kier alpha value is -3.00. The van der Waals surface area contributed by atoms with E-state index in [1.807, 2.05) is 30.3 Å². The van der Waals surface area contributed by atoms with Crippen LogP contribution in [0.4, 0.5) is 14.6 Å². The van der Waals surface area contributed by atoms with Crippen LogP contribution in [0.15, 0.2) is 42.5 Å². The van der Waals surface area contributed by atoms with Crippen molar-refractivity contribution in [3.8, 4) is 11.5 Å².